The summed E-state index contributed by atoms with van der Waals surface area (Å²) in [6, 6.07) is 1.03. The van der Waals surface area contributed by atoms with Crippen LogP contribution in [0.25, 0.3) is 0 Å². The SMILES string of the molecule is CC(C)(C)c1ncc(SC(F)(F)F)cc1S(C)(=O)=O. The molecule has 0 aliphatic heterocycles. The fourth-order valence-corrected chi connectivity index (χ4v) is 3.14. The molecule has 0 saturated heterocycles. The van der Waals surface area contributed by atoms with Crippen LogP contribution < -0.4 is 0 Å². The van der Waals surface area contributed by atoms with Crippen LogP contribution in [0, 0.1) is 0 Å². The molecule has 8 heteroatoms. The van der Waals surface area contributed by atoms with Gasteiger partial charge in [0.2, 0.25) is 0 Å². The third-order valence-corrected chi connectivity index (χ3v) is 3.97. The zero-order chi connectivity index (χ0) is 15.1. The minimum absolute atomic E-state index is 0.158. The first kappa shape index (κ1) is 16.3. The van der Waals surface area contributed by atoms with Crippen LogP contribution in [-0.2, 0) is 15.3 Å². The minimum atomic E-state index is -4.47. The molecule has 1 aromatic heterocycles. The van der Waals surface area contributed by atoms with Crippen LogP contribution in [0.2, 0.25) is 0 Å². The molecular formula is C11H14F3NO2S2. The molecule has 0 aromatic carbocycles. The van der Waals surface area contributed by atoms with Crippen LogP contribution in [0.15, 0.2) is 22.1 Å². The van der Waals surface area contributed by atoms with Gasteiger partial charge in [-0.05, 0) is 17.8 Å². The van der Waals surface area contributed by atoms with Crippen LogP contribution in [0.5, 0.6) is 0 Å². The number of halogens is 3. The van der Waals surface area contributed by atoms with Gasteiger partial charge < -0.3 is 0 Å². The van der Waals surface area contributed by atoms with Crippen molar-refractivity contribution in [3.63, 3.8) is 0 Å². The van der Waals surface area contributed by atoms with E-state index in [-0.39, 0.29) is 27.2 Å². The van der Waals surface area contributed by atoms with E-state index < -0.39 is 20.8 Å². The van der Waals surface area contributed by atoms with E-state index in [2.05, 4.69) is 4.98 Å². The molecule has 3 nitrogen and oxygen atoms in total. The Bertz CT molecular complexity index is 575. The van der Waals surface area contributed by atoms with Gasteiger partial charge in [-0.1, -0.05) is 20.8 Å². The van der Waals surface area contributed by atoms with Gasteiger partial charge in [-0.3, -0.25) is 4.98 Å². The fourth-order valence-electron chi connectivity index (χ4n) is 1.46. The van der Waals surface area contributed by atoms with Crippen molar-refractivity contribution in [2.45, 2.75) is 41.5 Å². The lowest BCUT2D eigenvalue weighted by molar-refractivity contribution is -0.0328. The molecule has 1 heterocycles. The molecule has 0 radical (unpaired) electrons. The molecule has 0 fully saturated rings. The lowest BCUT2D eigenvalue weighted by Crippen LogP contribution is -2.19. The van der Waals surface area contributed by atoms with Crippen molar-refractivity contribution in [3.05, 3.63) is 18.0 Å². The summed E-state index contributed by atoms with van der Waals surface area (Å²) >= 11 is -0.377. The highest BCUT2D eigenvalue weighted by Gasteiger charge is 2.31. The Labute approximate surface area is 114 Å². The van der Waals surface area contributed by atoms with Gasteiger partial charge in [0.25, 0.3) is 0 Å². The van der Waals surface area contributed by atoms with E-state index in [0.29, 0.717) is 0 Å². The number of pyridine rings is 1. The summed E-state index contributed by atoms with van der Waals surface area (Å²) in [5, 5.41) is 0. The summed E-state index contributed by atoms with van der Waals surface area (Å²) in [4.78, 5) is 3.51. The molecule has 0 amide bonds. The van der Waals surface area contributed by atoms with Crippen molar-refractivity contribution in [2.75, 3.05) is 6.26 Å². The quantitative estimate of drug-likeness (QED) is 0.785. The number of rotatable bonds is 2. The Kier molecular flexibility index (Phi) is 4.26. The van der Waals surface area contributed by atoms with Gasteiger partial charge in [0.15, 0.2) is 9.84 Å². The highest BCUT2D eigenvalue weighted by Crippen LogP contribution is 2.38. The molecule has 0 aliphatic rings. The van der Waals surface area contributed by atoms with Crippen molar-refractivity contribution in [2.24, 2.45) is 0 Å². The van der Waals surface area contributed by atoms with Crippen molar-refractivity contribution in [1.82, 2.24) is 4.98 Å². The molecule has 0 atom stereocenters. The van der Waals surface area contributed by atoms with Crippen LogP contribution >= 0.6 is 11.8 Å². The van der Waals surface area contributed by atoms with Gasteiger partial charge in [0.05, 0.1) is 10.6 Å². The van der Waals surface area contributed by atoms with E-state index in [1.54, 1.807) is 20.8 Å². The highest BCUT2D eigenvalue weighted by atomic mass is 32.2. The highest BCUT2D eigenvalue weighted by molar-refractivity contribution is 8.00. The van der Waals surface area contributed by atoms with Gasteiger partial charge in [-0.25, -0.2) is 8.42 Å². The summed E-state index contributed by atoms with van der Waals surface area (Å²) in [6.45, 7) is 5.25. The maximum absolute atomic E-state index is 12.3. The second-order valence-electron chi connectivity index (χ2n) is 5.09. The number of alkyl halides is 3. The molecule has 0 aliphatic carbocycles. The van der Waals surface area contributed by atoms with E-state index in [1.165, 1.54) is 0 Å². The molecule has 0 unspecified atom stereocenters. The second kappa shape index (κ2) is 4.97. The minimum Gasteiger partial charge on any atom is -0.258 e. The molecule has 0 spiro atoms. The monoisotopic (exact) mass is 313 g/mol. The van der Waals surface area contributed by atoms with Crippen molar-refractivity contribution < 1.29 is 21.6 Å². The maximum Gasteiger partial charge on any atom is 0.446 e. The fraction of sp³-hybridized carbons (Fsp3) is 0.545. The van der Waals surface area contributed by atoms with E-state index >= 15 is 0 Å². The molecule has 1 aromatic rings. The first-order chi connectivity index (χ1) is 8.31. The maximum atomic E-state index is 12.3. The third kappa shape index (κ3) is 4.68. The van der Waals surface area contributed by atoms with Gasteiger partial charge >= 0.3 is 5.51 Å². The van der Waals surface area contributed by atoms with E-state index in [4.69, 9.17) is 0 Å². The van der Waals surface area contributed by atoms with Gasteiger partial charge in [0, 0.05) is 22.8 Å². The number of hydrogen-bond donors (Lipinski definition) is 0. The van der Waals surface area contributed by atoms with Crippen molar-refractivity contribution in [1.29, 1.82) is 0 Å². The van der Waals surface area contributed by atoms with Crippen LogP contribution in [-0.4, -0.2) is 25.2 Å². The number of hydrogen-bond acceptors (Lipinski definition) is 4. The summed E-state index contributed by atoms with van der Waals surface area (Å²) in [6.07, 6.45) is 2.01. The number of nitrogens with zero attached hydrogens (tertiary/aromatic N) is 1. The Balaban J connectivity index is 3.41. The molecule has 1 rings (SSSR count). The lowest BCUT2D eigenvalue weighted by atomic mass is 9.92. The van der Waals surface area contributed by atoms with E-state index in [0.717, 1.165) is 18.5 Å². The van der Waals surface area contributed by atoms with Gasteiger partial charge in [-0.2, -0.15) is 13.2 Å². The van der Waals surface area contributed by atoms with Crippen molar-refractivity contribution >= 4 is 21.6 Å². The van der Waals surface area contributed by atoms with E-state index in [9.17, 15) is 21.6 Å². The zero-order valence-electron chi connectivity index (χ0n) is 10.9. The van der Waals surface area contributed by atoms with E-state index in [1.807, 2.05) is 0 Å². The Morgan fingerprint density at radius 1 is 1.21 bits per heavy atom. The average molecular weight is 313 g/mol. The summed E-state index contributed by atoms with van der Waals surface area (Å²) in [5.41, 5.74) is -4.78. The number of aromatic nitrogens is 1. The number of thioether (sulfide) groups is 1. The van der Waals surface area contributed by atoms with Crippen LogP contribution in [0.4, 0.5) is 13.2 Å². The predicted molar refractivity (Wildman–Crippen MR) is 68.0 cm³/mol. The normalized spacial score (nSPS) is 13.6. The topological polar surface area (TPSA) is 47.0 Å². The standard InChI is InChI=1S/C11H14F3NO2S2/c1-10(2,3)9-8(19(4,16)17)5-7(6-15-9)18-11(12,13)14/h5-6H,1-4H3. The summed E-state index contributed by atoms with van der Waals surface area (Å²) in [5.74, 6) is 0. The molecule has 108 valence electrons. The van der Waals surface area contributed by atoms with Crippen LogP contribution in [0.1, 0.15) is 26.5 Å². The largest absolute Gasteiger partial charge is 0.446 e. The predicted octanol–water partition coefficient (Wildman–Crippen LogP) is 3.39. The smallest absolute Gasteiger partial charge is 0.258 e. The molecule has 0 N–H and O–H groups in total. The first-order valence-corrected chi connectivity index (χ1v) is 7.98. The molecule has 0 bridgehead atoms. The van der Waals surface area contributed by atoms with Crippen molar-refractivity contribution in [3.8, 4) is 0 Å². The number of sulfone groups is 1. The third-order valence-electron chi connectivity index (χ3n) is 2.17. The second-order valence-corrected chi connectivity index (χ2v) is 8.21. The molecule has 0 saturated carbocycles. The summed E-state index contributed by atoms with van der Waals surface area (Å²) < 4.78 is 60.2. The summed E-state index contributed by atoms with van der Waals surface area (Å²) in [7, 11) is -3.64. The molecule has 19 heavy (non-hydrogen) atoms. The van der Waals surface area contributed by atoms with Gasteiger partial charge in [0.1, 0.15) is 0 Å². The first-order valence-electron chi connectivity index (χ1n) is 5.27. The average Bonchev–Trinajstić information content (AvgIpc) is 2.11. The Hall–Kier alpha value is -0.760. The molecular weight excluding hydrogens is 299 g/mol. The zero-order valence-corrected chi connectivity index (χ0v) is 12.5. The Morgan fingerprint density at radius 3 is 2.11 bits per heavy atom. The Morgan fingerprint density at radius 2 is 1.74 bits per heavy atom. The lowest BCUT2D eigenvalue weighted by Gasteiger charge is -2.21. The van der Waals surface area contributed by atoms with Gasteiger partial charge in [-0.15, -0.1) is 0 Å². The van der Waals surface area contributed by atoms with Crippen LogP contribution in [0.3, 0.4) is 0 Å².